The summed E-state index contributed by atoms with van der Waals surface area (Å²) in [6.07, 6.45) is 4.94. The second kappa shape index (κ2) is 5.70. The zero-order chi connectivity index (χ0) is 17.6. The fourth-order valence-corrected chi connectivity index (χ4v) is 3.93. The molecule has 4 nitrogen and oxygen atoms in total. The maximum Gasteiger partial charge on any atom is 0.271 e. The second-order valence-corrected chi connectivity index (χ2v) is 6.87. The molecule has 26 heavy (non-hydrogen) atoms. The first-order chi connectivity index (χ1) is 12.8. The summed E-state index contributed by atoms with van der Waals surface area (Å²) < 4.78 is 6.11. The number of amides is 1. The van der Waals surface area contributed by atoms with Crippen LogP contribution >= 0.6 is 0 Å². The maximum absolute atomic E-state index is 13.1. The van der Waals surface area contributed by atoms with Gasteiger partial charge in [0.1, 0.15) is 5.75 Å². The highest BCUT2D eigenvalue weighted by molar-refractivity contribution is 6.03. The van der Waals surface area contributed by atoms with Crippen LogP contribution in [0.15, 0.2) is 73.1 Å². The van der Waals surface area contributed by atoms with E-state index in [4.69, 9.17) is 4.74 Å². The minimum Gasteiger partial charge on any atom is -0.477 e. The number of carbonyl (C=O) groups excluding carboxylic acids is 1. The molecule has 3 heterocycles. The third-order valence-corrected chi connectivity index (χ3v) is 5.32. The minimum atomic E-state index is -0.729. The molecule has 0 aliphatic carbocycles. The summed E-state index contributed by atoms with van der Waals surface area (Å²) in [6, 6.07) is 20.0. The molecule has 2 aromatic carbocycles. The van der Waals surface area contributed by atoms with Crippen molar-refractivity contribution in [2.45, 2.75) is 18.4 Å². The lowest BCUT2D eigenvalue weighted by Gasteiger charge is -2.23. The largest absolute Gasteiger partial charge is 0.477 e. The van der Waals surface area contributed by atoms with Gasteiger partial charge in [-0.1, -0.05) is 30.3 Å². The van der Waals surface area contributed by atoms with Crippen molar-refractivity contribution in [2.24, 2.45) is 0 Å². The van der Waals surface area contributed by atoms with Crippen molar-refractivity contribution >= 4 is 11.6 Å². The predicted molar refractivity (Wildman–Crippen MR) is 100 cm³/mol. The molecule has 2 aliphatic heterocycles. The van der Waals surface area contributed by atoms with E-state index in [-0.39, 0.29) is 5.91 Å². The van der Waals surface area contributed by atoms with Crippen molar-refractivity contribution < 1.29 is 9.53 Å². The lowest BCUT2D eigenvalue weighted by Crippen LogP contribution is -2.44. The normalized spacial score (nSPS) is 21.1. The van der Waals surface area contributed by atoms with Gasteiger partial charge in [-0.05, 0) is 47.0 Å². The van der Waals surface area contributed by atoms with Crippen molar-refractivity contribution in [3.05, 3.63) is 78.6 Å². The first-order valence-corrected chi connectivity index (χ1v) is 8.85. The van der Waals surface area contributed by atoms with Crippen LogP contribution in [0.1, 0.15) is 12.0 Å². The summed E-state index contributed by atoms with van der Waals surface area (Å²) in [5, 5.41) is 0. The molecule has 0 bridgehead atoms. The Labute approximate surface area is 152 Å². The molecule has 4 heteroatoms. The van der Waals surface area contributed by atoms with E-state index in [1.165, 1.54) is 0 Å². The number of ether oxygens (including phenoxy) is 1. The molecule has 1 unspecified atom stereocenters. The van der Waals surface area contributed by atoms with Gasteiger partial charge in [0, 0.05) is 37.5 Å². The van der Waals surface area contributed by atoms with E-state index in [0.717, 1.165) is 28.1 Å². The van der Waals surface area contributed by atoms with Gasteiger partial charge >= 0.3 is 0 Å². The molecule has 1 aromatic heterocycles. The summed E-state index contributed by atoms with van der Waals surface area (Å²) >= 11 is 0. The lowest BCUT2D eigenvalue weighted by molar-refractivity contribution is -0.129. The van der Waals surface area contributed by atoms with E-state index in [1.807, 2.05) is 65.6 Å². The van der Waals surface area contributed by atoms with Gasteiger partial charge in [0.15, 0.2) is 5.60 Å². The van der Waals surface area contributed by atoms with E-state index < -0.39 is 5.60 Å². The SMILES string of the molecule is O=C1N(c2ccc(-c3ccncc3)cc2)CCC12Cc1ccccc1O2. The van der Waals surface area contributed by atoms with Crippen LogP contribution < -0.4 is 9.64 Å². The topological polar surface area (TPSA) is 42.4 Å². The Balaban J connectivity index is 1.40. The van der Waals surface area contributed by atoms with Crippen molar-refractivity contribution in [3.8, 4) is 16.9 Å². The first kappa shape index (κ1) is 15.1. The molecule has 128 valence electrons. The van der Waals surface area contributed by atoms with Gasteiger partial charge in [-0.25, -0.2) is 0 Å². The Kier molecular flexibility index (Phi) is 3.32. The smallest absolute Gasteiger partial charge is 0.271 e. The van der Waals surface area contributed by atoms with Gasteiger partial charge in [0.2, 0.25) is 0 Å². The van der Waals surface area contributed by atoms with Gasteiger partial charge in [0.05, 0.1) is 0 Å². The van der Waals surface area contributed by atoms with Gasteiger partial charge in [-0.2, -0.15) is 0 Å². The number of hydrogen-bond acceptors (Lipinski definition) is 3. The van der Waals surface area contributed by atoms with Crippen LogP contribution in [0.5, 0.6) is 5.75 Å². The standard InChI is InChI=1S/C22H18N2O2/c25-21-22(15-18-3-1-2-4-20(18)26-22)11-14-24(21)19-7-5-16(6-8-19)17-9-12-23-13-10-17/h1-10,12-13H,11,14-15H2. The van der Waals surface area contributed by atoms with Crippen LogP contribution in [0.2, 0.25) is 0 Å². The molecular formula is C22H18N2O2. The number of benzene rings is 2. The fourth-order valence-electron chi connectivity index (χ4n) is 3.93. The van der Waals surface area contributed by atoms with Crippen LogP contribution in [0.25, 0.3) is 11.1 Å². The van der Waals surface area contributed by atoms with Crippen molar-refractivity contribution in [1.82, 2.24) is 4.98 Å². The van der Waals surface area contributed by atoms with Gasteiger partial charge < -0.3 is 9.64 Å². The second-order valence-electron chi connectivity index (χ2n) is 6.87. The van der Waals surface area contributed by atoms with Crippen molar-refractivity contribution in [2.75, 3.05) is 11.4 Å². The molecule has 1 amide bonds. The average Bonchev–Trinajstić information content (AvgIpc) is 3.23. The number of aromatic nitrogens is 1. The third kappa shape index (κ3) is 2.30. The lowest BCUT2D eigenvalue weighted by atomic mass is 9.95. The van der Waals surface area contributed by atoms with Crippen LogP contribution in [0, 0.1) is 0 Å². The van der Waals surface area contributed by atoms with E-state index >= 15 is 0 Å². The number of carbonyl (C=O) groups is 1. The molecule has 1 fully saturated rings. The zero-order valence-corrected chi connectivity index (χ0v) is 14.3. The number of fused-ring (bicyclic) bond motifs is 1. The molecule has 1 saturated heterocycles. The Bertz CT molecular complexity index is 942. The molecule has 1 spiro atoms. The molecule has 0 N–H and O–H groups in total. The monoisotopic (exact) mass is 342 g/mol. The van der Waals surface area contributed by atoms with Crippen LogP contribution in [0.3, 0.4) is 0 Å². The number of hydrogen-bond donors (Lipinski definition) is 0. The van der Waals surface area contributed by atoms with Crippen molar-refractivity contribution in [3.63, 3.8) is 0 Å². The Morgan fingerprint density at radius 1 is 0.923 bits per heavy atom. The molecule has 2 aliphatic rings. The van der Waals surface area contributed by atoms with Crippen LogP contribution in [0.4, 0.5) is 5.69 Å². The summed E-state index contributed by atoms with van der Waals surface area (Å²) in [7, 11) is 0. The summed E-state index contributed by atoms with van der Waals surface area (Å²) in [6.45, 7) is 0.682. The number of nitrogens with zero attached hydrogens (tertiary/aromatic N) is 2. The Morgan fingerprint density at radius 3 is 2.42 bits per heavy atom. The molecule has 1 atom stereocenters. The third-order valence-electron chi connectivity index (χ3n) is 5.32. The van der Waals surface area contributed by atoms with Crippen LogP contribution in [-0.2, 0) is 11.2 Å². The van der Waals surface area contributed by atoms with Gasteiger partial charge in [0.25, 0.3) is 5.91 Å². The van der Waals surface area contributed by atoms with Crippen molar-refractivity contribution in [1.29, 1.82) is 0 Å². The molecule has 0 radical (unpaired) electrons. The van der Waals surface area contributed by atoms with E-state index in [2.05, 4.69) is 4.98 Å². The number of anilines is 1. The highest BCUT2D eigenvalue weighted by atomic mass is 16.5. The fraction of sp³-hybridized carbons (Fsp3) is 0.182. The highest BCUT2D eigenvalue weighted by Gasteiger charge is 2.52. The summed E-state index contributed by atoms with van der Waals surface area (Å²) in [5.74, 6) is 0.904. The molecule has 3 aromatic rings. The summed E-state index contributed by atoms with van der Waals surface area (Å²) in [4.78, 5) is 19.0. The van der Waals surface area contributed by atoms with E-state index in [9.17, 15) is 4.79 Å². The van der Waals surface area contributed by atoms with Gasteiger partial charge in [-0.15, -0.1) is 0 Å². The zero-order valence-electron chi connectivity index (χ0n) is 14.3. The summed E-state index contributed by atoms with van der Waals surface area (Å²) in [5.41, 5.74) is 3.54. The predicted octanol–water partition coefficient (Wildman–Crippen LogP) is 3.86. The molecular weight excluding hydrogens is 324 g/mol. The molecule has 0 saturated carbocycles. The highest BCUT2D eigenvalue weighted by Crippen LogP contribution is 2.42. The number of pyridine rings is 1. The van der Waals surface area contributed by atoms with E-state index in [0.29, 0.717) is 19.4 Å². The Hall–Kier alpha value is -3.14. The minimum absolute atomic E-state index is 0.0605. The first-order valence-electron chi connectivity index (χ1n) is 8.85. The number of para-hydroxylation sites is 1. The molecule has 5 rings (SSSR count). The van der Waals surface area contributed by atoms with Crippen LogP contribution in [-0.4, -0.2) is 23.0 Å². The Morgan fingerprint density at radius 2 is 1.65 bits per heavy atom. The van der Waals surface area contributed by atoms with Gasteiger partial charge in [-0.3, -0.25) is 9.78 Å². The van der Waals surface area contributed by atoms with E-state index in [1.54, 1.807) is 12.4 Å². The number of rotatable bonds is 2. The quantitative estimate of drug-likeness (QED) is 0.710. The average molecular weight is 342 g/mol. The maximum atomic E-state index is 13.1.